The Hall–Kier alpha value is -1.13. The maximum atomic E-state index is 5.61. The highest BCUT2D eigenvalue weighted by Crippen LogP contribution is 2.18. The normalized spacial score (nSPS) is 22.2. The fraction of sp³-hybridized carbons (Fsp3) is 0.500. The molecule has 0 saturated carbocycles. The summed E-state index contributed by atoms with van der Waals surface area (Å²) < 4.78 is 0. The first-order valence-electron chi connectivity index (χ1n) is 4.93. The van der Waals surface area contributed by atoms with Crippen LogP contribution in [0.2, 0.25) is 0 Å². The van der Waals surface area contributed by atoms with Crippen molar-refractivity contribution in [2.45, 2.75) is 13.0 Å². The first kappa shape index (κ1) is 9.43. The Bertz CT molecular complexity index is 318. The highest BCUT2D eigenvalue weighted by Gasteiger charge is 2.16. The zero-order valence-corrected chi connectivity index (χ0v) is 8.38. The molecule has 4 N–H and O–H groups in total. The molecule has 1 aromatic rings. The molecule has 1 aromatic heterocycles. The fourth-order valence-electron chi connectivity index (χ4n) is 1.83. The quantitative estimate of drug-likeness (QED) is 0.595. The van der Waals surface area contributed by atoms with Crippen molar-refractivity contribution in [2.24, 2.45) is 0 Å². The van der Waals surface area contributed by atoms with Crippen molar-refractivity contribution in [2.75, 3.05) is 25.4 Å². The van der Waals surface area contributed by atoms with Crippen LogP contribution < -0.4 is 16.4 Å². The van der Waals surface area contributed by atoms with E-state index in [0.717, 1.165) is 19.6 Å². The van der Waals surface area contributed by atoms with Crippen molar-refractivity contribution in [1.29, 1.82) is 0 Å². The predicted octanol–water partition coefficient (Wildman–Crippen LogP) is 0.206. The molecule has 0 spiro atoms. The Morgan fingerprint density at radius 1 is 1.50 bits per heavy atom. The van der Waals surface area contributed by atoms with Crippen LogP contribution in [0.4, 0.5) is 5.82 Å². The lowest BCUT2D eigenvalue weighted by atomic mass is 10.0. The van der Waals surface area contributed by atoms with Gasteiger partial charge in [0.25, 0.3) is 0 Å². The third kappa shape index (κ3) is 1.86. The molecule has 0 bridgehead atoms. The van der Waals surface area contributed by atoms with E-state index < -0.39 is 0 Å². The van der Waals surface area contributed by atoms with Crippen LogP contribution in [0.5, 0.6) is 0 Å². The molecule has 1 fully saturated rings. The summed E-state index contributed by atoms with van der Waals surface area (Å²) in [5.41, 5.74) is 8.06. The van der Waals surface area contributed by atoms with Crippen LogP contribution in [0.1, 0.15) is 17.2 Å². The summed E-state index contributed by atoms with van der Waals surface area (Å²) in [5, 5.41) is 6.81. The Morgan fingerprint density at radius 3 is 3.00 bits per heavy atom. The number of nitrogens with one attached hydrogen (secondary N) is 2. The summed E-state index contributed by atoms with van der Waals surface area (Å²) in [6.07, 6.45) is 1.87. The molecular formula is C10H16N4. The van der Waals surface area contributed by atoms with Crippen molar-refractivity contribution in [3.05, 3.63) is 23.4 Å². The number of nitrogens with zero attached hydrogens (tertiary/aromatic N) is 1. The molecular weight excluding hydrogens is 176 g/mol. The summed E-state index contributed by atoms with van der Waals surface area (Å²) in [6, 6.07) is 2.29. The van der Waals surface area contributed by atoms with Crippen LogP contribution in [0.25, 0.3) is 0 Å². The number of pyridine rings is 1. The Balaban J connectivity index is 2.22. The van der Waals surface area contributed by atoms with Gasteiger partial charge >= 0.3 is 0 Å². The van der Waals surface area contributed by atoms with Crippen molar-refractivity contribution < 1.29 is 0 Å². The molecule has 2 rings (SSSR count). The fourth-order valence-corrected chi connectivity index (χ4v) is 1.83. The molecule has 1 aliphatic rings. The highest BCUT2D eigenvalue weighted by atomic mass is 15.1. The topological polar surface area (TPSA) is 63.0 Å². The van der Waals surface area contributed by atoms with Gasteiger partial charge in [0.15, 0.2) is 0 Å². The zero-order chi connectivity index (χ0) is 9.97. The van der Waals surface area contributed by atoms with Crippen LogP contribution in [-0.2, 0) is 0 Å². The van der Waals surface area contributed by atoms with Crippen molar-refractivity contribution in [1.82, 2.24) is 15.6 Å². The summed E-state index contributed by atoms with van der Waals surface area (Å²) >= 11 is 0. The summed E-state index contributed by atoms with van der Waals surface area (Å²) in [7, 11) is 0. The van der Waals surface area contributed by atoms with Crippen molar-refractivity contribution >= 4 is 5.82 Å². The van der Waals surface area contributed by atoms with E-state index in [-0.39, 0.29) is 0 Å². The number of nitrogen functional groups attached to an aromatic ring is 1. The van der Waals surface area contributed by atoms with Gasteiger partial charge in [0.1, 0.15) is 5.82 Å². The lowest BCUT2D eigenvalue weighted by Crippen LogP contribution is -2.42. The number of hydrogen-bond acceptors (Lipinski definition) is 4. The zero-order valence-electron chi connectivity index (χ0n) is 8.38. The molecule has 14 heavy (non-hydrogen) atoms. The van der Waals surface area contributed by atoms with E-state index in [2.05, 4.69) is 22.5 Å². The van der Waals surface area contributed by atoms with Gasteiger partial charge in [-0.05, 0) is 24.1 Å². The SMILES string of the molecule is Cc1cc(N)ncc1C1CNCCN1. The standard InChI is InChI=1S/C10H16N4/c1-7-4-10(11)14-5-8(7)9-6-12-2-3-13-9/h4-5,9,12-13H,2-3,6H2,1H3,(H2,11,14). The second-order valence-corrected chi connectivity index (χ2v) is 3.68. The predicted molar refractivity (Wildman–Crippen MR) is 57.0 cm³/mol. The first-order valence-corrected chi connectivity index (χ1v) is 4.93. The van der Waals surface area contributed by atoms with Crippen molar-refractivity contribution in [3.8, 4) is 0 Å². The molecule has 1 saturated heterocycles. The van der Waals surface area contributed by atoms with Crippen LogP contribution in [0.15, 0.2) is 12.3 Å². The number of anilines is 1. The molecule has 4 nitrogen and oxygen atoms in total. The molecule has 0 amide bonds. The van der Waals surface area contributed by atoms with Gasteiger partial charge in [-0.1, -0.05) is 0 Å². The van der Waals surface area contributed by atoms with Gasteiger partial charge in [0.05, 0.1) is 0 Å². The van der Waals surface area contributed by atoms with Gasteiger partial charge < -0.3 is 16.4 Å². The molecule has 1 aliphatic heterocycles. The maximum absolute atomic E-state index is 5.61. The Labute approximate surface area is 83.9 Å². The lowest BCUT2D eigenvalue weighted by Gasteiger charge is -2.25. The number of aromatic nitrogens is 1. The number of nitrogens with two attached hydrogens (primary N) is 1. The third-order valence-electron chi connectivity index (χ3n) is 2.59. The summed E-state index contributed by atoms with van der Waals surface area (Å²) in [6.45, 7) is 5.09. The first-order chi connectivity index (χ1) is 6.77. The molecule has 2 heterocycles. The van der Waals surface area contributed by atoms with Crippen LogP contribution >= 0.6 is 0 Å². The minimum atomic E-state index is 0.372. The molecule has 0 aliphatic carbocycles. The van der Waals surface area contributed by atoms with Gasteiger partial charge in [-0.25, -0.2) is 4.98 Å². The van der Waals surface area contributed by atoms with Gasteiger partial charge in [-0.2, -0.15) is 0 Å². The average Bonchev–Trinajstić information content (AvgIpc) is 2.19. The smallest absolute Gasteiger partial charge is 0.123 e. The summed E-state index contributed by atoms with van der Waals surface area (Å²) in [4.78, 5) is 4.13. The molecule has 4 heteroatoms. The van der Waals surface area contributed by atoms with E-state index in [1.165, 1.54) is 11.1 Å². The monoisotopic (exact) mass is 192 g/mol. The van der Waals surface area contributed by atoms with Crippen LogP contribution in [0, 0.1) is 6.92 Å². The van der Waals surface area contributed by atoms with E-state index in [4.69, 9.17) is 5.73 Å². The number of rotatable bonds is 1. The average molecular weight is 192 g/mol. The molecule has 76 valence electrons. The van der Waals surface area contributed by atoms with Gasteiger partial charge in [-0.3, -0.25) is 0 Å². The second kappa shape index (κ2) is 3.94. The maximum Gasteiger partial charge on any atom is 0.123 e. The van der Waals surface area contributed by atoms with E-state index >= 15 is 0 Å². The largest absolute Gasteiger partial charge is 0.384 e. The molecule has 0 radical (unpaired) electrons. The minimum absolute atomic E-state index is 0.372. The van der Waals surface area contributed by atoms with Crippen molar-refractivity contribution in [3.63, 3.8) is 0 Å². The van der Waals surface area contributed by atoms with E-state index in [1.54, 1.807) is 0 Å². The van der Waals surface area contributed by atoms with Gasteiger partial charge in [0.2, 0.25) is 0 Å². The van der Waals surface area contributed by atoms with Crippen LogP contribution in [-0.4, -0.2) is 24.6 Å². The Kier molecular flexibility index (Phi) is 2.65. The number of aryl methyl sites for hydroxylation is 1. The third-order valence-corrected chi connectivity index (χ3v) is 2.59. The molecule has 1 atom stereocenters. The van der Waals surface area contributed by atoms with Crippen LogP contribution in [0.3, 0.4) is 0 Å². The number of hydrogen-bond donors (Lipinski definition) is 3. The second-order valence-electron chi connectivity index (χ2n) is 3.68. The lowest BCUT2D eigenvalue weighted by molar-refractivity contribution is 0.428. The summed E-state index contributed by atoms with van der Waals surface area (Å²) in [5.74, 6) is 0.593. The van der Waals surface area contributed by atoms with Gasteiger partial charge in [0, 0.05) is 31.9 Å². The number of piperazine rings is 1. The van der Waals surface area contributed by atoms with E-state index in [1.807, 2.05) is 12.3 Å². The molecule has 1 unspecified atom stereocenters. The van der Waals surface area contributed by atoms with E-state index in [9.17, 15) is 0 Å². The van der Waals surface area contributed by atoms with Gasteiger partial charge in [-0.15, -0.1) is 0 Å². The molecule has 0 aromatic carbocycles. The minimum Gasteiger partial charge on any atom is -0.384 e. The highest BCUT2D eigenvalue weighted by molar-refractivity contribution is 5.37. The van der Waals surface area contributed by atoms with E-state index in [0.29, 0.717) is 11.9 Å². The Morgan fingerprint density at radius 2 is 2.36 bits per heavy atom.